The van der Waals surface area contributed by atoms with Gasteiger partial charge in [0.15, 0.2) is 5.78 Å². The molecule has 0 saturated heterocycles. The summed E-state index contributed by atoms with van der Waals surface area (Å²) in [6.45, 7) is 1.90. The van der Waals surface area contributed by atoms with Crippen molar-refractivity contribution in [3.05, 3.63) is 59.7 Å². The van der Waals surface area contributed by atoms with Crippen LogP contribution < -0.4 is 0 Å². The molecule has 102 valence electrons. The topological polar surface area (TPSA) is 17.1 Å². The monoisotopic (exact) mass is 264 g/mol. The molecule has 0 radical (unpaired) electrons. The maximum atomic E-state index is 11.6. The summed E-state index contributed by atoms with van der Waals surface area (Å²) in [5.41, 5.74) is 4.68. The fourth-order valence-electron chi connectivity index (χ4n) is 2.74. The standard InChI is InChI=1S/C19H20O/c1-2-19(20)18-12-10-17(11-13-18)16-8-6-15(7-9-16)14-4-3-5-14/h6-14H,2-5H2,1H3. The number of ketones is 1. The predicted molar refractivity (Wildman–Crippen MR) is 83.1 cm³/mol. The van der Waals surface area contributed by atoms with Crippen molar-refractivity contribution in [3.8, 4) is 11.1 Å². The lowest BCUT2D eigenvalue weighted by atomic mass is 9.80. The molecule has 1 aliphatic carbocycles. The SMILES string of the molecule is CCC(=O)c1ccc(-c2ccc(C3CCC3)cc2)cc1. The Balaban J connectivity index is 1.79. The van der Waals surface area contributed by atoms with E-state index in [1.807, 2.05) is 31.2 Å². The summed E-state index contributed by atoms with van der Waals surface area (Å²) in [6.07, 6.45) is 4.62. The van der Waals surface area contributed by atoms with Crippen LogP contribution >= 0.6 is 0 Å². The fraction of sp³-hybridized carbons (Fsp3) is 0.316. The molecule has 2 aromatic carbocycles. The zero-order chi connectivity index (χ0) is 13.9. The van der Waals surface area contributed by atoms with E-state index in [-0.39, 0.29) is 5.78 Å². The minimum absolute atomic E-state index is 0.205. The summed E-state index contributed by atoms with van der Waals surface area (Å²) in [4.78, 5) is 11.6. The van der Waals surface area contributed by atoms with Crippen LogP contribution in [0.15, 0.2) is 48.5 Å². The Hall–Kier alpha value is -1.89. The number of carbonyl (C=O) groups excluding carboxylic acids is 1. The van der Waals surface area contributed by atoms with Crippen LogP contribution in [0.2, 0.25) is 0 Å². The van der Waals surface area contributed by atoms with E-state index in [2.05, 4.69) is 24.3 Å². The normalized spacial score (nSPS) is 14.8. The third kappa shape index (κ3) is 2.53. The molecule has 2 aromatic rings. The first-order valence-electron chi connectivity index (χ1n) is 7.51. The van der Waals surface area contributed by atoms with Gasteiger partial charge in [-0.05, 0) is 35.4 Å². The summed E-state index contributed by atoms with van der Waals surface area (Å²) >= 11 is 0. The molecule has 0 amide bonds. The van der Waals surface area contributed by atoms with Crippen LogP contribution in [0.5, 0.6) is 0 Å². The van der Waals surface area contributed by atoms with Crippen LogP contribution in [0.25, 0.3) is 11.1 Å². The van der Waals surface area contributed by atoms with Gasteiger partial charge in [0.25, 0.3) is 0 Å². The summed E-state index contributed by atoms with van der Waals surface area (Å²) in [7, 11) is 0. The zero-order valence-corrected chi connectivity index (χ0v) is 11.9. The van der Waals surface area contributed by atoms with E-state index < -0.39 is 0 Å². The van der Waals surface area contributed by atoms with Crippen LogP contribution in [0, 0.1) is 0 Å². The van der Waals surface area contributed by atoms with E-state index in [9.17, 15) is 4.79 Å². The average molecular weight is 264 g/mol. The van der Waals surface area contributed by atoms with Gasteiger partial charge in [0, 0.05) is 12.0 Å². The van der Waals surface area contributed by atoms with E-state index >= 15 is 0 Å². The highest BCUT2D eigenvalue weighted by molar-refractivity contribution is 5.96. The third-order valence-corrected chi connectivity index (χ3v) is 4.35. The van der Waals surface area contributed by atoms with Crippen molar-refractivity contribution in [3.63, 3.8) is 0 Å². The maximum absolute atomic E-state index is 11.6. The van der Waals surface area contributed by atoms with Gasteiger partial charge in [0.1, 0.15) is 0 Å². The highest BCUT2D eigenvalue weighted by Crippen LogP contribution is 2.36. The lowest BCUT2D eigenvalue weighted by Crippen LogP contribution is -2.08. The first-order valence-corrected chi connectivity index (χ1v) is 7.51. The van der Waals surface area contributed by atoms with Crippen molar-refractivity contribution in [2.45, 2.75) is 38.5 Å². The van der Waals surface area contributed by atoms with Crippen LogP contribution in [-0.2, 0) is 0 Å². The van der Waals surface area contributed by atoms with Crippen LogP contribution in [0.3, 0.4) is 0 Å². The molecule has 1 fully saturated rings. The van der Waals surface area contributed by atoms with Crippen LogP contribution in [0.4, 0.5) is 0 Å². The second-order valence-electron chi connectivity index (χ2n) is 5.60. The van der Waals surface area contributed by atoms with Gasteiger partial charge >= 0.3 is 0 Å². The van der Waals surface area contributed by atoms with Gasteiger partial charge in [0.05, 0.1) is 0 Å². The summed E-state index contributed by atoms with van der Waals surface area (Å²) in [5, 5.41) is 0. The zero-order valence-electron chi connectivity index (χ0n) is 11.9. The fourth-order valence-corrected chi connectivity index (χ4v) is 2.74. The van der Waals surface area contributed by atoms with Gasteiger partial charge in [-0.2, -0.15) is 0 Å². The summed E-state index contributed by atoms with van der Waals surface area (Å²) < 4.78 is 0. The minimum atomic E-state index is 0.205. The van der Waals surface area contributed by atoms with E-state index in [1.165, 1.54) is 36.0 Å². The van der Waals surface area contributed by atoms with Gasteiger partial charge in [-0.3, -0.25) is 4.79 Å². The third-order valence-electron chi connectivity index (χ3n) is 4.35. The quantitative estimate of drug-likeness (QED) is 0.692. The van der Waals surface area contributed by atoms with E-state index in [0.717, 1.165) is 11.5 Å². The van der Waals surface area contributed by atoms with Gasteiger partial charge in [0.2, 0.25) is 0 Å². The Labute approximate surface area is 120 Å². The Kier molecular flexibility index (Phi) is 3.68. The van der Waals surface area contributed by atoms with Gasteiger partial charge in [-0.25, -0.2) is 0 Å². The molecule has 0 unspecified atom stereocenters. The highest BCUT2D eigenvalue weighted by Gasteiger charge is 2.18. The van der Waals surface area contributed by atoms with E-state index in [1.54, 1.807) is 0 Å². The number of Topliss-reactive ketones (excluding diaryl/α,β-unsaturated/α-hetero) is 1. The Morgan fingerprint density at radius 1 is 0.950 bits per heavy atom. The molecule has 1 aliphatic rings. The van der Waals surface area contributed by atoms with Crippen molar-refractivity contribution < 1.29 is 4.79 Å². The van der Waals surface area contributed by atoms with Crippen molar-refractivity contribution in [2.24, 2.45) is 0 Å². The summed E-state index contributed by atoms with van der Waals surface area (Å²) in [6, 6.07) is 16.9. The number of hydrogen-bond donors (Lipinski definition) is 0. The largest absolute Gasteiger partial charge is 0.294 e. The average Bonchev–Trinajstić information content (AvgIpc) is 2.46. The van der Waals surface area contributed by atoms with Gasteiger partial charge in [-0.1, -0.05) is 61.9 Å². The molecule has 1 heteroatoms. The number of rotatable bonds is 4. The first-order chi connectivity index (χ1) is 9.78. The molecule has 0 heterocycles. The van der Waals surface area contributed by atoms with Crippen molar-refractivity contribution in [1.82, 2.24) is 0 Å². The Morgan fingerprint density at radius 3 is 1.95 bits per heavy atom. The van der Waals surface area contributed by atoms with Crippen LogP contribution in [0.1, 0.15) is 54.4 Å². The molecule has 0 N–H and O–H groups in total. The molecular weight excluding hydrogens is 244 g/mol. The number of benzene rings is 2. The second-order valence-corrected chi connectivity index (χ2v) is 5.60. The molecule has 0 atom stereocenters. The number of hydrogen-bond acceptors (Lipinski definition) is 1. The second kappa shape index (κ2) is 5.62. The minimum Gasteiger partial charge on any atom is -0.294 e. The van der Waals surface area contributed by atoms with Gasteiger partial charge < -0.3 is 0 Å². The molecule has 0 aromatic heterocycles. The van der Waals surface area contributed by atoms with Crippen molar-refractivity contribution >= 4 is 5.78 Å². The van der Waals surface area contributed by atoms with Gasteiger partial charge in [-0.15, -0.1) is 0 Å². The van der Waals surface area contributed by atoms with Crippen molar-refractivity contribution in [1.29, 1.82) is 0 Å². The smallest absolute Gasteiger partial charge is 0.162 e. The summed E-state index contributed by atoms with van der Waals surface area (Å²) in [5.74, 6) is 0.991. The molecule has 1 saturated carbocycles. The Bertz CT molecular complexity index is 589. The predicted octanol–water partition coefficient (Wildman–Crippen LogP) is 5.21. The first kappa shape index (κ1) is 13.1. The molecule has 1 nitrogen and oxygen atoms in total. The molecule has 3 rings (SSSR count). The molecule has 0 spiro atoms. The lowest BCUT2D eigenvalue weighted by molar-refractivity contribution is 0.0988. The molecule has 0 aliphatic heterocycles. The molecular formula is C19H20O. The maximum Gasteiger partial charge on any atom is 0.162 e. The molecule has 20 heavy (non-hydrogen) atoms. The molecule has 0 bridgehead atoms. The highest BCUT2D eigenvalue weighted by atomic mass is 16.1. The Morgan fingerprint density at radius 2 is 1.50 bits per heavy atom. The van der Waals surface area contributed by atoms with Crippen molar-refractivity contribution in [2.75, 3.05) is 0 Å². The van der Waals surface area contributed by atoms with Crippen LogP contribution in [-0.4, -0.2) is 5.78 Å². The number of carbonyl (C=O) groups is 1. The lowest BCUT2D eigenvalue weighted by Gasteiger charge is -2.25. The van der Waals surface area contributed by atoms with E-state index in [0.29, 0.717) is 6.42 Å². The van der Waals surface area contributed by atoms with E-state index in [4.69, 9.17) is 0 Å².